The molecule has 7 heteroatoms. The number of fused-ring (bicyclic) bond motifs is 1. The monoisotopic (exact) mass is 427 g/mol. The van der Waals surface area contributed by atoms with Crippen LogP contribution in [0.25, 0.3) is 10.2 Å². The van der Waals surface area contributed by atoms with Crippen LogP contribution in [0.1, 0.15) is 17.3 Å². The van der Waals surface area contributed by atoms with E-state index in [0.29, 0.717) is 27.1 Å². The molecule has 0 fully saturated rings. The van der Waals surface area contributed by atoms with Crippen molar-refractivity contribution in [3.05, 3.63) is 57.3 Å². The minimum absolute atomic E-state index is 0.147. The zero-order valence-electron chi connectivity index (χ0n) is 13.8. The van der Waals surface area contributed by atoms with Crippen molar-refractivity contribution in [2.75, 3.05) is 5.32 Å². The molecule has 5 nitrogen and oxygen atoms in total. The van der Waals surface area contributed by atoms with Gasteiger partial charge in [0, 0.05) is 17.1 Å². The highest BCUT2D eigenvalue weighted by Gasteiger charge is 2.11. The number of carbonyl (C=O) groups is 2. The van der Waals surface area contributed by atoms with Gasteiger partial charge >= 0.3 is 0 Å². The van der Waals surface area contributed by atoms with Gasteiger partial charge in [-0.05, 0) is 46.3 Å². The smallest absolute Gasteiger partial charge is 0.280 e. The van der Waals surface area contributed by atoms with E-state index in [-0.39, 0.29) is 11.8 Å². The fourth-order valence-corrected chi connectivity index (χ4v) is 3.99. The van der Waals surface area contributed by atoms with E-state index in [9.17, 15) is 9.59 Å². The molecule has 1 aromatic heterocycles. The lowest BCUT2D eigenvalue weighted by atomic mass is 10.2. The van der Waals surface area contributed by atoms with Gasteiger partial charge in [-0.2, -0.15) is 4.99 Å². The Morgan fingerprint density at radius 2 is 2.08 bits per heavy atom. The van der Waals surface area contributed by atoms with Gasteiger partial charge in [0.05, 0.1) is 22.3 Å². The summed E-state index contributed by atoms with van der Waals surface area (Å²) in [5, 5.41) is 2.75. The van der Waals surface area contributed by atoms with Gasteiger partial charge in [-0.1, -0.05) is 29.4 Å². The topological polar surface area (TPSA) is 63.5 Å². The molecule has 0 bridgehead atoms. The van der Waals surface area contributed by atoms with Crippen LogP contribution < -0.4 is 10.1 Å². The first-order chi connectivity index (χ1) is 12.5. The van der Waals surface area contributed by atoms with Crippen LogP contribution in [-0.2, 0) is 11.3 Å². The number of nitrogens with zero attached hydrogens (tertiary/aromatic N) is 2. The molecule has 0 radical (unpaired) electrons. The van der Waals surface area contributed by atoms with E-state index in [1.807, 2.05) is 22.8 Å². The Morgan fingerprint density at radius 3 is 2.77 bits per heavy atom. The van der Waals surface area contributed by atoms with Crippen LogP contribution in [0.15, 0.2) is 51.9 Å². The number of carbonyl (C=O) groups excluding carboxylic acids is 2. The molecule has 0 unspecified atom stereocenters. The SMILES string of the molecule is C#CCn1c(=NC(=O)c2ccccc2Br)sc2cc(NC(C)=O)ccc21. The number of benzene rings is 2. The summed E-state index contributed by atoms with van der Waals surface area (Å²) >= 11 is 4.72. The van der Waals surface area contributed by atoms with Crippen molar-refractivity contribution >= 4 is 55.0 Å². The van der Waals surface area contributed by atoms with E-state index < -0.39 is 0 Å². The lowest BCUT2D eigenvalue weighted by Crippen LogP contribution is -2.16. The van der Waals surface area contributed by atoms with E-state index in [1.54, 1.807) is 24.3 Å². The summed E-state index contributed by atoms with van der Waals surface area (Å²) in [6, 6.07) is 12.6. The zero-order valence-corrected chi connectivity index (χ0v) is 16.2. The van der Waals surface area contributed by atoms with Crippen molar-refractivity contribution in [3.63, 3.8) is 0 Å². The summed E-state index contributed by atoms with van der Waals surface area (Å²) in [6.45, 7) is 1.75. The van der Waals surface area contributed by atoms with Gasteiger partial charge in [0.2, 0.25) is 5.91 Å². The third kappa shape index (κ3) is 3.77. The van der Waals surface area contributed by atoms with Crippen molar-refractivity contribution < 1.29 is 9.59 Å². The Kier molecular flexibility index (Phi) is 5.35. The van der Waals surface area contributed by atoms with Crippen molar-refractivity contribution in [2.45, 2.75) is 13.5 Å². The molecular formula is C19H14BrN3O2S. The number of thiazole rings is 1. The molecule has 3 aromatic rings. The van der Waals surface area contributed by atoms with Gasteiger partial charge in [0.15, 0.2) is 4.80 Å². The maximum atomic E-state index is 12.6. The number of anilines is 1. The average molecular weight is 428 g/mol. The lowest BCUT2D eigenvalue weighted by molar-refractivity contribution is -0.114. The summed E-state index contributed by atoms with van der Waals surface area (Å²) in [6.07, 6.45) is 5.48. The molecule has 1 N–H and O–H groups in total. The molecule has 0 saturated carbocycles. The van der Waals surface area contributed by atoms with Gasteiger partial charge < -0.3 is 9.88 Å². The Morgan fingerprint density at radius 1 is 1.31 bits per heavy atom. The molecule has 0 aliphatic heterocycles. The molecule has 1 heterocycles. The molecule has 0 atom stereocenters. The number of nitrogens with one attached hydrogen (secondary N) is 1. The normalized spacial score (nSPS) is 11.3. The molecule has 0 spiro atoms. The van der Waals surface area contributed by atoms with E-state index in [1.165, 1.54) is 18.3 Å². The van der Waals surface area contributed by atoms with Crippen LogP contribution in [0.3, 0.4) is 0 Å². The summed E-state index contributed by atoms with van der Waals surface area (Å²) in [5.74, 6) is 2.10. The summed E-state index contributed by atoms with van der Waals surface area (Å²) in [5.41, 5.74) is 2.03. The van der Waals surface area contributed by atoms with Crippen molar-refractivity contribution in [1.82, 2.24) is 4.57 Å². The maximum absolute atomic E-state index is 12.6. The predicted octanol–water partition coefficient (Wildman–Crippen LogP) is 3.80. The summed E-state index contributed by atoms with van der Waals surface area (Å²) in [7, 11) is 0. The minimum atomic E-state index is -0.350. The molecule has 2 amide bonds. The third-order valence-electron chi connectivity index (χ3n) is 3.55. The first-order valence-corrected chi connectivity index (χ1v) is 9.28. The molecule has 0 aliphatic rings. The van der Waals surface area contributed by atoms with Gasteiger partial charge in [0.1, 0.15) is 0 Å². The number of rotatable bonds is 3. The number of hydrogen-bond acceptors (Lipinski definition) is 3. The molecule has 26 heavy (non-hydrogen) atoms. The first-order valence-electron chi connectivity index (χ1n) is 7.67. The zero-order chi connectivity index (χ0) is 18.7. The number of halogens is 1. The van der Waals surface area contributed by atoms with E-state index in [2.05, 4.69) is 32.2 Å². The molecule has 130 valence electrons. The molecule has 0 aliphatic carbocycles. The van der Waals surface area contributed by atoms with Crippen molar-refractivity contribution in [2.24, 2.45) is 4.99 Å². The molecule has 3 rings (SSSR count). The van der Waals surface area contributed by atoms with Gasteiger partial charge in [0.25, 0.3) is 5.91 Å². The van der Waals surface area contributed by atoms with Crippen LogP contribution in [-0.4, -0.2) is 16.4 Å². The quantitative estimate of drug-likeness (QED) is 0.646. The Bertz CT molecular complexity index is 1120. The second kappa shape index (κ2) is 7.68. The highest BCUT2D eigenvalue weighted by atomic mass is 79.9. The van der Waals surface area contributed by atoms with Crippen LogP contribution in [0.2, 0.25) is 0 Å². The Hall–Kier alpha value is -2.69. The van der Waals surface area contributed by atoms with Gasteiger partial charge in [-0.3, -0.25) is 9.59 Å². The van der Waals surface area contributed by atoms with Crippen LogP contribution in [0, 0.1) is 12.3 Å². The Labute approximate surface area is 162 Å². The first kappa shape index (κ1) is 18.1. The number of amides is 2. The number of hydrogen-bond donors (Lipinski definition) is 1. The van der Waals surface area contributed by atoms with Gasteiger partial charge in [-0.15, -0.1) is 6.42 Å². The average Bonchev–Trinajstić information content (AvgIpc) is 2.91. The Balaban J connectivity index is 2.13. The fraction of sp³-hybridized carbons (Fsp3) is 0.105. The van der Waals surface area contributed by atoms with Crippen LogP contribution in [0.4, 0.5) is 5.69 Å². The van der Waals surface area contributed by atoms with Crippen LogP contribution in [0.5, 0.6) is 0 Å². The van der Waals surface area contributed by atoms with Gasteiger partial charge in [-0.25, -0.2) is 0 Å². The van der Waals surface area contributed by atoms with Crippen LogP contribution >= 0.6 is 27.3 Å². The van der Waals surface area contributed by atoms with E-state index in [4.69, 9.17) is 6.42 Å². The standard InChI is InChI=1S/C19H14BrN3O2S/c1-3-10-23-16-9-8-13(21-12(2)24)11-17(16)26-19(23)22-18(25)14-6-4-5-7-15(14)20/h1,4-9,11H,10H2,2H3,(H,21,24). The molecule has 2 aromatic carbocycles. The van der Waals surface area contributed by atoms with Crippen molar-refractivity contribution in [3.8, 4) is 12.3 Å². The minimum Gasteiger partial charge on any atom is -0.326 e. The highest BCUT2D eigenvalue weighted by molar-refractivity contribution is 9.10. The lowest BCUT2D eigenvalue weighted by Gasteiger charge is -2.03. The summed E-state index contributed by atoms with van der Waals surface area (Å²) in [4.78, 5) is 28.6. The van der Waals surface area contributed by atoms with E-state index in [0.717, 1.165) is 10.2 Å². The second-order valence-corrected chi connectivity index (χ2v) is 7.30. The summed E-state index contributed by atoms with van der Waals surface area (Å²) < 4.78 is 3.38. The third-order valence-corrected chi connectivity index (χ3v) is 5.29. The highest BCUT2D eigenvalue weighted by Crippen LogP contribution is 2.22. The maximum Gasteiger partial charge on any atom is 0.280 e. The molecule has 0 saturated heterocycles. The van der Waals surface area contributed by atoms with Crippen molar-refractivity contribution in [1.29, 1.82) is 0 Å². The molecular weight excluding hydrogens is 414 g/mol. The number of aromatic nitrogens is 1. The predicted molar refractivity (Wildman–Crippen MR) is 107 cm³/mol. The second-order valence-electron chi connectivity index (χ2n) is 5.44. The van der Waals surface area contributed by atoms with E-state index >= 15 is 0 Å². The largest absolute Gasteiger partial charge is 0.326 e. The number of terminal acetylenes is 1. The fourth-order valence-electron chi connectivity index (χ4n) is 2.47.